The fourth-order valence-electron chi connectivity index (χ4n) is 3.90. The molecule has 0 aliphatic heterocycles. The predicted octanol–water partition coefficient (Wildman–Crippen LogP) is 3.29. The summed E-state index contributed by atoms with van der Waals surface area (Å²) < 4.78 is 5.31. The van der Waals surface area contributed by atoms with Crippen LogP contribution in [0, 0.1) is 11.3 Å². The van der Waals surface area contributed by atoms with Gasteiger partial charge in [-0.3, -0.25) is 4.90 Å². The Hall–Kier alpha value is -0.120. The molecule has 0 heterocycles. The van der Waals surface area contributed by atoms with Gasteiger partial charge in [0.1, 0.15) is 0 Å². The third-order valence-corrected chi connectivity index (χ3v) is 5.29. The minimum atomic E-state index is 0.519. The number of methoxy groups -OCH3 is 1. The maximum atomic E-state index is 5.31. The molecular weight excluding hydrogens is 260 g/mol. The molecule has 2 aliphatic rings. The summed E-state index contributed by atoms with van der Waals surface area (Å²) in [5.74, 6) is 0.803. The lowest BCUT2D eigenvalue weighted by atomic mass is 9.69. The average Bonchev–Trinajstić information content (AvgIpc) is 3.26. The number of hydrogen-bond acceptors (Lipinski definition) is 3. The summed E-state index contributed by atoms with van der Waals surface area (Å²) in [5.41, 5.74) is 0.519. The molecule has 3 nitrogen and oxygen atoms in total. The number of ether oxygens (including phenoxy) is 1. The largest absolute Gasteiger partial charge is 0.383 e. The van der Waals surface area contributed by atoms with Gasteiger partial charge in [0, 0.05) is 32.3 Å². The molecule has 0 aromatic heterocycles. The molecule has 0 radical (unpaired) electrons. The van der Waals surface area contributed by atoms with Crippen LogP contribution in [0.4, 0.5) is 0 Å². The summed E-state index contributed by atoms with van der Waals surface area (Å²) in [7, 11) is 1.82. The normalized spacial score (nSPS) is 29.0. The molecular formula is C18H36N2O. The number of nitrogens with one attached hydrogen (secondary N) is 1. The highest BCUT2D eigenvalue weighted by molar-refractivity contribution is 4.93. The highest BCUT2D eigenvalue weighted by Gasteiger charge is 2.38. The molecule has 2 atom stereocenters. The van der Waals surface area contributed by atoms with E-state index < -0.39 is 0 Å². The maximum absolute atomic E-state index is 5.31. The Balaban J connectivity index is 1.93. The molecule has 2 fully saturated rings. The van der Waals surface area contributed by atoms with E-state index in [1.807, 2.05) is 7.11 Å². The molecule has 0 aromatic rings. The first-order chi connectivity index (χ1) is 10.1. The van der Waals surface area contributed by atoms with Crippen LogP contribution in [-0.4, -0.2) is 50.3 Å². The van der Waals surface area contributed by atoms with Crippen LogP contribution in [0.15, 0.2) is 0 Å². The standard InChI is InChI=1S/C18H36N2O/c1-5-10-19-17-8-9-18(2,3)13-15(17)14-20(11-12-21-4)16-6-7-16/h15-17,19H,5-14H2,1-4H3. The van der Waals surface area contributed by atoms with E-state index >= 15 is 0 Å². The first-order valence-electron chi connectivity index (χ1n) is 9.02. The fraction of sp³-hybridized carbons (Fsp3) is 1.00. The van der Waals surface area contributed by atoms with Gasteiger partial charge in [-0.25, -0.2) is 0 Å². The highest BCUT2D eigenvalue weighted by atomic mass is 16.5. The third-order valence-electron chi connectivity index (χ3n) is 5.29. The average molecular weight is 296 g/mol. The molecule has 0 aromatic carbocycles. The highest BCUT2D eigenvalue weighted by Crippen LogP contribution is 2.40. The summed E-state index contributed by atoms with van der Waals surface area (Å²) in [6, 6.07) is 1.57. The van der Waals surface area contributed by atoms with E-state index in [4.69, 9.17) is 4.74 Å². The quantitative estimate of drug-likeness (QED) is 0.706. The zero-order valence-electron chi connectivity index (χ0n) is 14.7. The van der Waals surface area contributed by atoms with Crippen molar-refractivity contribution in [3.63, 3.8) is 0 Å². The van der Waals surface area contributed by atoms with Gasteiger partial charge in [-0.2, -0.15) is 0 Å². The predicted molar refractivity (Wildman–Crippen MR) is 89.7 cm³/mol. The SMILES string of the molecule is CCCNC1CCC(C)(C)CC1CN(CCOC)C1CC1. The van der Waals surface area contributed by atoms with Crippen molar-refractivity contribution in [3.05, 3.63) is 0 Å². The van der Waals surface area contributed by atoms with Gasteiger partial charge in [0.2, 0.25) is 0 Å². The summed E-state index contributed by atoms with van der Waals surface area (Å²) in [6.45, 7) is 11.6. The molecule has 0 spiro atoms. The molecule has 2 saturated carbocycles. The Morgan fingerprint density at radius 3 is 2.62 bits per heavy atom. The Labute approximate surface area is 131 Å². The Morgan fingerprint density at radius 2 is 2.00 bits per heavy atom. The summed E-state index contributed by atoms with van der Waals surface area (Å²) in [5, 5.41) is 3.82. The smallest absolute Gasteiger partial charge is 0.0589 e. The molecule has 124 valence electrons. The van der Waals surface area contributed by atoms with Crippen molar-refractivity contribution in [2.45, 2.75) is 71.4 Å². The van der Waals surface area contributed by atoms with E-state index in [1.165, 1.54) is 51.6 Å². The second-order valence-electron chi connectivity index (χ2n) is 7.95. The van der Waals surface area contributed by atoms with Crippen LogP contribution in [0.25, 0.3) is 0 Å². The van der Waals surface area contributed by atoms with Crippen LogP contribution in [-0.2, 0) is 4.74 Å². The van der Waals surface area contributed by atoms with Crippen molar-refractivity contribution in [2.24, 2.45) is 11.3 Å². The summed E-state index contributed by atoms with van der Waals surface area (Å²) in [4.78, 5) is 2.70. The van der Waals surface area contributed by atoms with Crippen LogP contribution in [0.3, 0.4) is 0 Å². The second kappa shape index (κ2) is 7.94. The van der Waals surface area contributed by atoms with Gasteiger partial charge in [0.25, 0.3) is 0 Å². The minimum Gasteiger partial charge on any atom is -0.383 e. The summed E-state index contributed by atoms with van der Waals surface area (Å²) in [6.07, 6.45) is 8.11. The molecule has 3 heteroatoms. The zero-order chi connectivity index (χ0) is 15.3. The summed E-state index contributed by atoms with van der Waals surface area (Å²) >= 11 is 0. The number of nitrogens with zero attached hydrogens (tertiary/aromatic N) is 1. The third kappa shape index (κ3) is 5.54. The lowest BCUT2D eigenvalue weighted by Gasteiger charge is -2.43. The molecule has 0 saturated heterocycles. The molecule has 2 rings (SSSR count). The minimum absolute atomic E-state index is 0.519. The van der Waals surface area contributed by atoms with Crippen molar-refractivity contribution in [1.82, 2.24) is 10.2 Å². The van der Waals surface area contributed by atoms with E-state index in [0.717, 1.165) is 31.2 Å². The van der Waals surface area contributed by atoms with Crippen molar-refractivity contribution < 1.29 is 4.74 Å². The first kappa shape index (κ1) is 17.2. The lowest BCUT2D eigenvalue weighted by Crippen LogP contribution is -2.48. The van der Waals surface area contributed by atoms with Crippen LogP contribution in [0.2, 0.25) is 0 Å². The van der Waals surface area contributed by atoms with Gasteiger partial charge in [-0.15, -0.1) is 0 Å². The van der Waals surface area contributed by atoms with E-state index in [9.17, 15) is 0 Å². The monoisotopic (exact) mass is 296 g/mol. The number of rotatable bonds is 9. The fourth-order valence-corrected chi connectivity index (χ4v) is 3.90. The molecule has 1 N–H and O–H groups in total. The van der Waals surface area contributed by atoms with Crippen molar-refractivity contribution in [3.8, 4) is 0 Å². The zero-order valence-corrected chi connectivity index (χ0v) is 14.7. The van der Waals surface area contributed by atoms with E-state index in [0.29, 0.717) is 5.41 Å². The van der Waals surface area contributed by atoms with Gasteiger partial charge in [0.15, 0.2) is 0 Å². The van der Waals surface area contributed by atoms with E-state index in [-0.39, 0.29) is 0 Å². The van der Waals surface area contributed by atoms with E-state index in [2.05, 4.69) is 31.0 Å². The van der Waals surface area contributed by atoms with E-state index in [1.54, 1.807) is 0 Å². The van der Waals surface area contributed by atoms with Gasteiger partial charge >= 0.3 is 0 Å². The Bertz CT molecular complexity index is 302. The van der Waals surface area contributed by atoms with Gasteiger partial charge < -0.3 is 10.1 Å². The van der Waals surface area contributed by atoms with Crippen LogP contribution < -0.4 is 5.32 Å². The van der Waals surface area contributed by atoms with Crippen molar-refractivity contribution >= 4 is 0 Å². The maximum Gasteiger partial charge on any atom is 0.0589 e. The molecule has 21 heavy (non-hydrogen) atoms. The number of hydrogen-bond donors (Lipinski definition) is 1. The van der Waals surface area contributed by atoms with Crippen LogP contribution >= 0.6 is 0 Å². The van der Waals surface area contributed by atoms with Gasteiger partial charge in [-0.05, 0) is 56.4 Å². The Morgan fingerprint density at radius 1 is 1.24 bits per heavy atom. The van der Waals surface area contributed by atoms with Crippen LogP contribution in [0.5, 0.6) is 0 Å². The van der Waals surface area contributed by atoms with Crippen molar-refractivity contribution in [1.29, 1.82) is 0 Å². The van der Waals surface area contributed by atoms with Crippen LogP contribution in [0.1, 0.15) is 59.3 Å². The molecule has 0 amide bonds. The molecule has 2 unspecified atom stereocenters. The van der Waals surface area contributed by atoms with Gasteiger partial charge in [0.05, 0.1) is 6.61 Å². The molecule has 2 aliphatic carbocycles. The molecule has 0 bridgehead atoms. The lowest BCUT2D eigenvalue weighted by molar-refractivity contribution is 0.0800. The Kier molecular flexibility index (Phi) is 6.51. The topological polar surface area (TPSA) is 24.5 Å². The first-order valence-corrected chi connectivity index (χ1v) is 9.02. The van der Waals surface area contributed by atoms with Gasteiger partial charge in [-0.1, -0.05) is 20.8 Å². The second-order valence-corrected chi connectivity index (χ2v) is 7.95. The van der Waals surface area contributed by atoms with Crippen molar-refractivity contribution in [2.75, 3.05) is 33.4 Å².